The van der Waals surface area contributed by atoms with E-state index in [0.29, 0.717) is 20.4 Å². The number of alkyl halides is 1. The van der Waals surface area contributed by atoms with Crippen molar-refractivity contribution in [2.75, 3.05) is 14.2 Å². The van der Waals surface area contributed by atoms with Gasteiger partial charge in [-0.1, -0.05) is 67.3 Å². The fraction of sp³-hybridized carbons (Fsp3) is 0.188. The van der Waals surface area contributed by atoms with Gasteiger partial charge in [-0.15, -0.1) is 0 Å². The summed E-state index contributed by atoms with van der Waals surface area (Å²) < 4.78 is 41.0. The van der Waals surface area contributed by atoms with Gasteiger partial charge in [-0.05, 0) is 42.0 Å². The van der Waals surface area contributed by atoms with Crippen LogP contribution in [0, 0.1) is 23.0 Å². The molecule has 4 rings (SSSR count). The van der Waals surface area contributed by atoms with Crippen LogP contribution in [0.2, 0.25) is 0 Å². The molecule has 266 valence electrons. The first kappa shape index (κ1) is 56.5. The third-order valence-corrected chi connectivity index (χ3v) is 6.28. The number of aromatic nitrogens is 2. The van der Waals surface area contributed by atoms with Crippen LogP contribution in [0.3, 0.4) is 0 Å². The second-order valence-electron chi connectivity index (χ2n) is 8.16. The molecule has 2 aromatic carbocycles. The molecule has 0 saturated heterocycles. The van der Waals surface area contributed by atoms with Gasteiger partial charge in [0.15, 0.2) is 0 Å². The van der Waals surface area contributed by atoms with E-state index in [9.17, 15) is 18.4 Å². The predicted molar refractivity (Wildman–Crippen MR) is 184 cm³/mol. The fourth-order valence-electron chi connectivity index (χ4n) is 2.78. The average Bonchev–Trinajstić information content (AvgIpc) is 3.07. The zero-order valence-corrected chi connectivity index (χ0v) is 38.4. The number of carbonyl (C=O) groups excluding carboxylic acids is 3. The van der Waals surface area contributed by atoms with Gasteiger partial charge in [0.25, 0.3) is 6.47 Å². The summed E-state index contributed by atoms with van der Waals surface area (Å²) in [5.74, 6) is -1.38. The van der Waals surface area contributed by atoms with E-state index in [-0.39, 0.29) is 142 Å². The number of carbonyl (C=O) groups is 3. The van der Waals surface area contributed by atoms with Crippen molar-refractivity contribution in [3.05, 3.63) is 116 Å². The van der Waals surface area contributed by atoms with Crippen molar-refractivity contribution in [1.29, 1.82) is 5.26 Å². The number of halogens is 5. The summed E-state index contributed by atoms with van der Waals surface area (Å²) in [6.45, 7) is 1.48. The van der Waals surface area contributed by atoms with Gasteiger partial charge in [0.1, 0.15) is 41.1 Å². The number of nitrogens with zero attached hydrogens (tertiary/aromatic N) is 3. The normalized spacial score (nSPS) is 8.47. The van der Waals surface area contributed by atoms with E-state index in [2.05, 4.69) is 72.1 Å². The molecule has 0 saturated carbocycles. The summed E-state index contributed by atoms with van der Waals surface area (Å²) in [6.07, 6.45) is 3.15. The molecular formula is C32H32Br3F2K2N3O9. The summed E-state index contributed by atoms with van der Waals surface area (Å²) in [7, 11) is 2.63. The minimum atomic E-state index is -0.494. The first-order valence-electron chi connectivity index (χ1n) is 12.8. The maximum Gasteiger partial charge on any atom is 1.00 e. The molecule has 0 unspecified atom stereocenters. The van der Waals surface area contributed by atoms with Crippen molar-refractivity contribution < 1.29 is 157 Å². The van der Waals surface area contributed by atoms with Gasteiger partial charge in [0.2, 0.25) is 0 Å². The number of esters is 2. The molecule has 0 radical (unpaired) electrons. The monoisotopic (exact) mass is 955 g/mol. The molecule has 19 heteroatoms. The van der Waals surface area contributed by atoms with Gasteiger partial charge in [0, 0.05) is 51.3 Å². The summed E-state index contributed by atoms with van der Waals surface area (Å²) in [6, 6.07) is 16.5. The molecule has 0 aliphatic heterocycles. The number of benzene rings is 2. The molecular weight excluding hydrogens is 926 g/mol. The number of ether oxygens (including phenoxy) is 3. The number of nitriles is 1. The van der Waals surface area contributed by atoms with Gasteiger partial charge < -0.3 is 30.9 Å². The number of pyridine rings is 2. The number of aromatic hydroxyl groups is 1. The number of rotatable bonds is 7. The molecule has 0 atom stereocenters. The molecule has 1 N–H and O–H groups in total. The van der Waals surface area contributed by atoms with Crippen LogP contribution in [-0.2, 0) is 31.1 Å². The second kappa shape index (κ2) is 34.5. The molecule has 0 spiro atoms. The molecule has 0 amide bonds. The van der Waals surface area contributed by atoms with E-state index in [0.717, 1.165) is 22.5 Å². The number of phenols is 1. The zero-order valence-electron chi connectivity index (χ0n) is 28.4. The Balaban J connectivity index is -0.000000199. The van der Waals surface area contributed by atoms with E-state index < -0.39 is 17.8 Å². The largest absolute Gasteiger partial charge is 1.00 e. The van der Waals surface area contributed by atoms with Crippen molar-refractivity contribution in [3.8, 4) is 17.6 Å². The van der Waals surface area contributed by atoms with E-state index >= 15 is 0 Å². The summed E-state index contributed by atoms with van der Waals surface area (Å²) >= 11 is 9.48. The van der Waals surface area contributed by atoms with Crippen LogP contribution < -0.4 is 113 Å². The van der Waals surface area contributed by atoms with Crippen molar-refractivity contribution >= 4 is 66.2 Å². The van der Waals surface area contributed by atoms with Crippen molar-refractivity contribution in [2.45, 2.75) is 26.3 Å². The molecule has 12 nitrogen and oxygen atoms in total. The van der Waals surface area contributed by atoms with Gasteiger partial charge in [-0.2, -0.15) is 5.26 Å². The first-order chi connectivity index (χ1) is 22.9. The molecule has 0 aliphatic rings. The van der Waals surface area contributed by atoms with E-state index in [4.69, 9.17) is 25.2 Å². The van der Waals surface area contributed by atoms with Crippen LogP contribution in [-0.4, -0.2) is 47.7 Å². The van der Waals surface area contributed by atoms with Crippen LogP contribution in [0.1, 0.15) is 47.9 Å². The summed E-state index contributed by atoms with van der Waals surface area (Å²) in [5, 5.41) is 25.2. The van der Waals surface area contributed by atoms with Gasteiger partial charge >= 0.3 is 115 Å². The third kappa shape index (κ3) is 27.1. The standard InChI is InChI=1S/C14H11BrFNO3.C8H8BrNO2.C6H4BrFO.C2H3N.CH2O3.CH4.2K.H/c1-19-14(18)13-3-2-9(7-17-13)8-20-12-5-10(15)4-11(16)6-12;1-12-8(11)7-3-2-6(4-9)5-10-7;7-4-1-5(8)3-6(9)2-4;1-2-3;2-1-4-3;;;;/h2-7H,8H2,1H3;2-3,5H,4H2,1H3;1-3,9H;1H3;1,3H;1H4;;;/q;;;;;;2*+1;-1/p-1. The van der Waals surface area contributed by atoms with Crippen LogP contribution in [0.4, 0.5) is 8.78 Å². The minimum absolute atomic E-state index is 0. The minimum Gasteiger partial charge on any atom is -1.00 e. The van der Waals surface area contributed by atoms with Crippen molar-refractivity contribution in [2.24, 2.45) is 0 Å². The van der Waals surface area contributed by atoms with Crippen molar-refractivity contribution in [1.82, 2.24) is 9.97 Å². The van der Waals surface area contributed by atoms with Crippen molar-refractivity contribution in [3.63, 3.8) is 0 Å². The number of hydrogen-bond acceptors (Lipinski definition) is 12. The van der Waals surface area contributed by atoms with Gasteiger partial charge in [-0.25, -0.2) is 28.3 Å². The Morgan fingerprint density at radius 2 is 1.33 bits per heavy atom. The summed E-state index contributed by atoms with van der Waals surface area (Å²) in [5.41, 5.74) is 2.35. The maximum atomic E-state index is 13.2. The Morgan fingerprint density at radius 3 is 1.67 bits per heavy atom. The number of phenolic OH excluding ortho intramolecular Hbond substituents is 1. The molecule has 4 aromatic rings. The van der Waals surface area contributed by atoms with Gasteiger partial charge in [0.05, 0.1) is 20.3 Å². The van der Waals surface area contributed by atoms with Crippen LogP contribution in [0.15, 0.2) is 82.0 Å². The molecule has 51 heavy (non-hydrogen) atoms. The quantitative estimate of drug-likeness (QED) is 0.0698. The van der Waals surface area contributed by atoms with Gasteiger partial charge in [-0.3, -0.25) is 4.79 Å². The third-order valence-electron chi connectivity index (χ3n) is 4.72. The first-order valence-corrected chi connectivity index (χ1v) is 15.5. The molecule has 0 fully saturated rings. The number of hydrogen-bond donors (Lipinski definition) is 1. The average molecular weight is 959 g/mol. The molecule has 2 aromatic heterocycles. The topological polar surface area (TPSA) is 181 Å². The summed E-state index contributed by atoms with van der Waals surface area (Å²) in [4.78, 5) is 41.3. The van der Waals surface area contributed by atoms with E-state index in [1.54, 1.807) is 36.5 Å². The Kier molecular flexibility index (Phi) is 38.3. The molecule has 0 bridgehead atoms. The predicted octanol–water partition coefficient (Wildman–Crippen LogP) is 1.13. The van der Waals surface area contributed by atoms with Crippen LogP contribution in [0.25, 0.3) is 0 Å². The molecule has 2 heterocycles. The Morgan fingerprint density at radius 1 is 0.902 bits per heavy atom. The Bertz CT molecular complexity index is 1560. The second-order valence-corrected chi connectivity index (χ2v) is 10.5. The smallest absolute Gasteiger partial charge is 1.00 e. The number of methoxy groups -OCH3 is 2. The molecule has 0 aliphatic carbocycles. The Labute approximate surface area is 406 Å². The van der Waals surface area contributed by atoms with E-state index in [1.165, 1.54) is 51.6 Å². The SMILES string of the molecule is C.CC#N.COC(=O)c1ccc(CBr)cn1.COC(=O)c1ccc(COc2cc(F)cc(Br)c2)cn1.O=CO[O-].Oc1cc(F)cc(Br)c1.[H-].[K+].[K+]. The fourth-order valence-corrected chi connectivity index (χ4v) is 4.01. The van der Waals surface area contributed by atoms with E-state index in [1.807, 2.05) is 6.07 Å². The van der Waals surface area contributed by atoms with Crippen LogP contribution >= 0.6 is 47.8 Å². The maximum absolute atomic E-state index is 13.2. The van der Waals surface area contributed by atoms with Crippen LogP contribution in [0.5, 0.6) is 11.5 Å². The zero-order chi connectivity index (χ0) is 36.5. The Hall–Kier alpha value is -1.23.